The summed E-state index contributed by atoms with van der Waals surface area (Å²) in [5.41, 5.74) is 0. The van der Waals surface area contributed by atoms with Gasteiger partial charge in [-0.2, -0.15) is 8.78 Å². The zero-order chi connectivity index (χ0) is 10.8. The van der Waals surface area contributed by atoms with Gasteiger partial charge in [-0.25, -0.2) is 0 Å². The second kappa shape index (κ2) is 4.56. The quantitative estimate of drug-likeness (QED) is 0.670. The van der Waals surface area contributed by atoms with Crippen LogP contribution in [0.2, 0.25) is 0 Å². The molecule has 0 heterocycles. The number of hydrogen-bond acceptors (Lipinski definition) is 1. The molecule has 0 bridgehead atoms. The lowest BCUT2D eigenvalue weighted by Gasteiger charge is -2.28. The SMILES string of the molecule is CC1CCC(=O)CC1CCC(F)(F)Cl. The second-order valence-corrected chi connectivity index (χ2v) is 4.73. The summed E-state index contributed by atoms with van der Waals surface area (Å²) in [6, 6.07) is 0. The topological polar surface area (TPSA) is 17.1 Å². The lowest BCUT2D eigenvalue weighted by Crippen LogP contribution is -2.24. The highest BCUT2D eigenvalue weighted by Crippen LogP contribution is 2.35. The van der Waals surface area contributed by atoms with Gasteiger partial charge in [-0.1, -0.05) is 6.92 Å². The third-order valence-corrected chi connectivity index (χ3v) is 3.16. The van der Waals surface area contributed by atoms with Crippen LogP contribution in [-0.4, -0.2) is 11.2 Å². The number of halogens is 3. The van der Waals surface area contributed by atoms with Crippen molar-refractivity contribution in [3.8, 4) is 0 Å². The first-order chi connectivity index (χ1) is 6.38. The summed E-state index contributed by atoms with van der Waals surface area (Å²) in [7, 11) is 0. The summed E-state index contributed by atoms with van der Waals surface area (Å²) in [5.74, 6) is 0.665. The van der Waals surface area contributed by atoms with Gasteiger partial charge in [0, 0.05) is 19.3 Å². The van der Waals surface area contributed by atoms with E-state index in [-0.39, 0.29) is 18.1 Å². The van der Waals surface area contributed by atoms with Gasteiger partial charge in [0.2, 0.25) is 0 Å². The third kappa shape index (κ3) is 3.91. The second-order valence-electron chi connectivity index (χ2n) is 4.17. The Morgan fingerprint density at radius 3 is 2.79 bits per heavy atom. The highest BCUT2D eigenvalue weighted by Gasteiger charge is 2.31. The molecule has 1 nitrogen and oxygen atoms in total. The highest BCUT2D eigenvalue weighted by molar-refractivity contribution is 6.21. The monoisotopic (exact) mass is 224 g/mol. The van der Waals surface area contributed by atoms with Gasteiger partial charge in [0.05, 0.1) is 0 Å². The molecule has 4 heteroatoms. The number of hydrogen-bond donors (Lipinski definition) is 0. The summed E-state index contributed by atoms with van der Waals surface area (Å²) in [6.07, 6.45) is 1.92. The maximum absolute atomic E-state index is 12.4. The lowest BCUT2D eigenvalue weighted by atomic mass is 9.77. The molecule has 0 aromatic rings. The minimum absolute atomic E-state index is 0.0980. The van der Waals surface area contributed by atoms with E-state index >= 15 is 0 Å². The van der Waals surface area contributed by atoms with Crippen molar-refractivity contribution >= 4 is 17.4 Å². The molecule has 0 aliphatic heterocycles. The smallest absolute Gasteiger partial charge is 0.300 e. The molecule has 0 radical (unpaired) electrons. The highest BCUT2D eigenvalue weighted by atomic mass is 35.5. The molecular weight excluding hydrogens is 210 g/mol. The van der Waals surface area contributed by atoms with Crippen LogP contribution in [0.4, 0.5) is 8.78 Å². The fourth-order valence-electron chi connectivity index (χ4n) is 1.96. The van der Waals surface area contributed by atoms with Crippen molar-refractivity contribution in [1.82, 2.24) is 0 Å². The lowest BCUT2D eigenvalue weighted by molar-refractivity contribution is -0.122. The fourth-order valence-corrected chi connectivity index (χ4v) is 2.06. The summed E-state index contributed by atoms with van der Waals surface area (Å²) in [4.78, 5) is 11.1. The van der Waals surface area contributed by atoms with Crippen LogP contribution >= 0.6 is 11.6 Å². The molecule has 1 rings (SSSR count). The number of ketones is 1. The molecular formula is C10H15ClF2O. The van der Waals surface area contributed by atoms with Crippen molar-refractivity contribution in [1.29, 1.82) is 0 Å². The first-order valence-corrected chi connectivity index (χ1v) is 5.35. The summed E-state index contributed by atoms with van der Waals surface area (Å²) in [6.45, 7) is 2.02. The van der Waals surface area contributed by atoms with Crippen LogP contribution in [-0.2, 0) is 4.79 Å². The number of carbonyl (C=O) groups is 1. The molecule has 82 valence electrons. The van der Waals surface area contributed by atoms with E-state index in [0.717, 1.165) is 6.42 Å². The molecule has 1 saturated carbocycles. The molecule has 2 atom stereocenters. The first kappa shape index (κ1) is 11.9. The normalized spacial score (nSPS) is 29.3. The van der Waals surface area contributed by atoms with E-state index < -0.39 is 5.38 Å². The maximum Gasteiger partial charge on any atom is 0.321 e. The predicted molar refractivity (Wildman–Crippen MR) is 51.5 cm³/mol. The van der Waals surface area contributed by atoms with Crippen molar-refractivity contribution in [3.63, 3.8) is 0 Å². The fraction of sp³-hybridized carbons (Fsp3) is 0.900. The predicted octanol–water partition coefficient (Wildman–Crippen LogP) is 3.60. The van der Waals surface area contributed by atoms with Crippen LogP contribution in [0, 0.1) is 11.8 Å². The van der Waals surface area contributed by atoms with Gasteiger partial charge in [0.1, 0.15) is 5.78 Å². The number of alkyl halides is 3. The molecule has 1 fully saturated rings. The van der Waals surface area contributed by atoms with Crippen LogP contribution in [0.15, 0.2) is 0 Å². The van der Waals surface area contributed by atoms with E-state index in [0.29, 0.717) is 25.2 Å². The van der Waals surface area contributed by atoms with Gasteiger partial charge in [0.15, 0.2) is 0 Å². The van der Waals surface area contributed by atoms with E-state index in [4.69, 9.17) is 11.6 Å². The number of Topliss-reactive ketones (excluding diaryl/α,β-unsaturated/α-hetero) is 1. The molecule has 0 saturated heterocycles. The zero-order valence-electron chi connectivity index (χ0n) is 8.23. The van der Waals surface area contributed by atoms with E-state index in [1.54, 1.807) is 0 Å². The van der Waals surface area contributed by atoms with E-state index in [9.17, 15) is 13.6 Å². The van der Waals surface area contributed by atoms with Crippen LogP contribution in [0.5, 0.6) is 0 Å². The van der Waals surface area contributed by atoms with Crippen LogP contribution in [0.1, 0.15) is 39.0 Å². The van der Waals surface area contributed by atoms with Crippen molar-refractivity contribution in [2.45, 2.75) is 44.4 Å². The first-order valence-electron chi connectivity index (χ1n) is 4.97. The molecule has 1 aliphatic rings. The Morgan fingerprint density at radius 1 is 1.57 bits per heavy atom. The Morgan fingerprint density at radius 2 is 2.21 bits per heavy atom. The molecule has 0 spiro atoms. The Balaban J connectivity index is 2.38. The van der Waals surface area contributed by atoms with Gasteiger partial charge in [0.25, 0.3) is 0 Å². The minimum atomic E-state index is -3.11. The summed E-state index contributed by atoms with van der Waals surface area (Å²) >= 11 is 4.82. The van der Waals surface area contributed by atoms with Gasteiger partial charge in [-0.3, -0.25) is 4.79 Å². The van der Waals surface area contributed by atoms with Gasteiger partial charge in [-0.05, 0) is 36.3 Å². The molecule has 0 amide bonds. The van der Waals surface area contributed by atoms with Crippen molar-refractivity contribution in [3.05, 3.63) is 0 Å². The number of carbonyl (C=O) groups excluding carboxylic acids is 1. The molecule has 0 N–H and O–H groups in total. The zero-order valence-corrected chi connectivity index (χ0v) is 8.99. The Kier molecular flexibility index (Phi) is 3.87. The summed E-state index contributed by atoms with van der Waals surface area (Å²) < 4.78 is 24.8. The Hall–Kier alpha value is -0.180. The Bertz CT molecular complexity index is 213. The summed E-state index contributed by atoms with van der Waals surface area (Å²) in [5, 5.41) is -3.11. The number of rotatable bonds is 3. The standard InChI is InChI=1S/C10H15ClF2O/c1-7-2-3-9(14)6-8(7)4-5-10(11,12)13/h7-8H,2-6H2,1H3. The molecule has 0 aromatic heterocycles. The average molecular weight is 225 g/mol. The third-order valence-electron chi connectivity index (χ3n) is 2.97. The molecule has 2 unspecified atom stereocenters. The van der Waals surface area contributed by atoms with Crippen LogP contribution in [0.25, 0.3) is 0 Å². The van der Waals surface area contributed by atoms with Crippen LogP contribution in [0.3, 0.4) is 0 Å². The largest absolute Gasteiger partial charge is 0.321 e. The van der Waals surface area contributed by atoms with Crippen molar-refractivity contribution in [2.75, 3.05) is 0 Å². The van der Waals surface area contributed by atoms with E-state index in [1.165, 1.54) is 0 Å². The average Bonchev–Trinajstić information content (AvgIpc) is 2.05. The van der Waals surface area contributed by atoms with Gasteiger partial charge in [-0.15, -0.1) is 0 Å². The molecule has 14 heavy (non-hydrogen) atoms. The molecule has 1 aliphatic carbocycles. The maximum atomic E-state index is 12.4. The Labute approximate surface area is 87.8 Å². The minimum Gasteiger partial charge on any atom is -0.300 e. The van der Waals surface area contributed by atoms with Crippen LogP contribution < -0.4 is 0 Å². The van der Waals surface area contributed by atoms with Gasteiger partial charge >= 0.3 is 5.38 Å². The van der Waals surface area contributed by atoms with E-state index in [1.807, 2.05) is 6.92 Å². The van der Waals surface area contributed by atoms with Gasteiger partial charge < -0.3 is 0 Å². The van der Waals surface area contributed by atoms with Crippen molar-refractivity contribution < 1.29 is 13.6 Å². The molecule has 0 aromatic carbocycles. The van der Waals surface area contributed by atoms with E-state index in [2.05, 4.69) is 0 Å². The van der Waals surface area contributed by atoms with Crippen molar-refractivity contribution in [2.24, 2.45) is 11.8 Å².